The predicted octanol–water partition coefficient (Wildman–Crippen LogP) is 18.9. The van der Waals surface area contributed by atoms with E-state index in [2.05, 4.69) is 245 Å². The highest BCUT2D eigenvalue weighted by atomic mass is 14.2. The Morgan fingerprint density at radius 1 is 0.212 bits per heavy atom. The summed E-state index contributed by atoms with van der Waals surface area (Å²) in [4.78, 5) is 0. The highest BCUT2D eigenvalue weighted by molar-refractivity contribution is 6.28. The number of fused-ring (bicyclic) bond motifs is 11. The van der Waals surface area contributed by atoms with E-state index in [4.69, 9.17) is 0 Å². The van der Waals surface area contributed by atoms with E-state index in [0.717, 1.165) is 0 Å². The molecular weight excluding hydrogens is 793 g/mol. The number of hydrogen-bond donors (Lipinski definition) is 0. The van der Waals surface area contributed by atoms with E-state index in [1.807, 2.05) is 0 Å². The van der Waals surface area contributed by atoms with Crippen molar-refractivity contribution < 1.29 is 0 Å². The smallest absolute Gasteiger partial charge is 0.00261 e. The minimum Gasteiger partial charge on any atom is -0.0616 e. The SMILES string of the molecule is CC(C)(C)c1ccc(-c2c3ccccc3c(-c3ccc4ccc(-c5c6ccccc6c(-c6ccc7c8ccccc8c8ccccc8c7c6)c6ccccc56)cc4c3)c3ccccc23)cc1. The van der Waals surface area contributed by atoms with Crippen molar-refractivity contribution in [3.05, 3.63) is 230 Å². The number of rotatable bonds is 4. The lowest BCUT2D eigenvalue weighted by Gasteiger charge is -2.21. The van der Waals surface area contributed by atoms with Crippen molar-refractivity contribution in [2.75, 3.05) is 0 Å². The van der Waals surface area contributed by atoms with Crippen molar-refractivity contribution in [2.24, 2.45) is 0 Å². The molecule has 310 valence electrons. The summed E-state index contributed by atoms with van der Waals surface area (Å²) in [6.45, 7) is 6.84. The molecule has 0 fully saturated rings. The van der Waals surface area contributed by atoms with Gasteiger partial charge in [-0.3, -0.25) is 0 Å². The van der Waals surface area contributed by atoms with Gasteiger partial charge >= 0.3 is 0 Å². The molecule has 0 N–H and O–H groups in total. The van der Waals surface area contributed by atoms with E-state index in [1.165, 1.54) is 136 Å². The number of benzene rings is 13. The zero-order valence-electron chi connectivity index (χ0n) is 37.4. The van der Waals surface area contributed by atoms with Gasteiger partial charge in [0.2, 0.25) is 0 Å². The maximum atomic E-state index is 2.44. The molecule has 13 aromatic carbocycles. The average Bonchev–Trinajstić information content (AvgIpc) is 3.36. The third kappa shape index (κ3) is 5.92. The molecule has 0 saturated carbocycles. The van der Waals surface area contributed by atoms with E-state index in [9.17, 15) is 0 Å². The van der Waals surface area contributed by atoms with Crippen LogP contribution in [0.3, 0.4) is 0 Å². The molecule has 0 amide bonds. The van der Waals surface area contributed by atoms with Crippen molar-refractivity contribution in [1.82, 2.24) is 0 Å². The van der Waals surface area contributed by atoms with Gasteiger partial charge in [-0.15, -0.1) is 0 Å². The van der Waals surface area contributed by atoms with Gasteiger partial charge in [0, 0.05) is 0 Å². The van der Waals surface area contributed by atoms with Gasteiger partial charge < -0.3 is 0 Å². The van der Waals surface area contributed by atoms with Gasteiger partial charge in [0.15, 0.2) is 0 Å². The standard InChI is InChI=1S/C66H46/c1-66(2,3)47-35-32-42(33-36-47)62-53-20-8-10-22-55(53)63(56-23-11-9-21-54(56)62)43-30-28-41-29-31-44(39-46(41)38-43)64-57-24-12-14-26-59(57)65(60-27-15-13-25-58(60)64)45-34-37-52-50-18-5-4-16-48(50)49-17-6-7-19-51(49)61(52)40-45/h4-40H,1-3H3. The van der Waals surface area contributed by atoms with Gasteiger partial charge in [0.25, 0.3) is 0 Å². The van der Waals surface area contributed by atoms with Crippen LogP contribution in [-0.4, -0.2) is 0 Å². The van der Waals surface area contributed by atoms with E-state index in [1.54, 1.807) is 0 Å². The third-order valence-electron chi connectivity index (χ3n) is 14.4. The van der Waals surface area contributed by atoms with E-state index >= 15 is 0 Å². The van der Waals surface area contributed by atoms with Crippen LogP contribution in [0.5, 0.6) is 0 Å². The highest BCUT2D eigenvalue weighted by Gasteiger charge is 2.21. The van der Waals surface area contributed by atoms with Crippen molar-refractivity contribution in [3.8, 4) is 44.5 Å². The van der Waals surface area contributed by atoms with Gasteiger partial charge in [-0.05, 0) is 160 Å². The highest BCUT2D eigenvalue weighted by Crippen LogP contribution is 2.48. The summed E-state index contributed by atoms with van der Waals surface area (Å²) in [5.41, 5.74) is 11.5. The van der Waals surface area contributed by atoms with Crippen molar-refractivity contribution in [2.45, 2.75) is 26.2 Å². The molecule has 13 aromatic rings. The lowest BCUT2D eigenvalue weighted by molar-refractivity contribution is 0.590. The third-order valence-corrected chi connectivity index (χ3v) is 14.4. The zero-order chi connectivity index (χ0) is 44.1. The molecule has 0 aliphatic heterocycles. The first-order valence-corrected chi connectivity index (χ1v) is 23.2. The normalized spacial score (nSPS) is 12.2. The molecule has 66 heavy (non-hydrogen) atoms. The molecule has 0 unspecified atom stereocenters. The van der Waals surface area contributed by atoms with Gasteiger partial charge in [-0.1, -0.05) is 227 Å². The summed E-state index contributed by atoms with van der Waals surface area (Å²) in [6.07, 6.45) is 0. The van der Waals surface area contributed by atoms with Crippen LogP contribution in [0.4, 0.5) is 0 Å². The van der Waals surface area contributed by atoms with Crippen LogP contribution < -0.4 is 0 Å². The lowest BCUT2D eigenvalue weighted by Crippen LogP contribution is -2.10. The fourth-order valence-corrected chi connectivity index (χ4v) is 11.3. The summed E-state index contributed by atoms with van der Waals surface area (Å²) in [7, 11) is 0. The zero-order valence-corrected chi connectivity index (χ0v) is 37.4. The monoisotopic (exact) mass is 838 g/mol. The quantitative estimate of drug-likeness (QED) is 0.122. The van der Waals surface area contributed by atoms with Crippen LogP contribution >= 0.6 is 0 Å². The van der Waals surface area contributed by atoms with Crippen molar-refractivity contribution in [3.63, 3.8) is 0 Å². The van der Waals surface area contributed by atoms with E-state index in [-0.39, 0.29) is 5.41 Å². The molecule has 0 aliphatic rings. The summed E-state index contributed by atoms with van der Waals surface area (Å²) >= 11 is 0. The Kier molecular flexibility index (Phi) is 8.58. The lowest BCUT2D eigenvalue weighted by atomic mass is 9.83. The molecule has 0 heteroatoms. The Bertz CT molecular complexity index is 3970. The van der Waals surface area contributed by atoms with Crippen molar-refractivity contribution in [1.29, 1.82) is 0 Å². The fourth-order valence-electron chi connectivity index (χ4n) is 11.3. The summed E-state index contributed by atoms with van der Waals surface area (Å²) in [5, 5.41) is 20.3. The Morgan fingerprint density at radius 3 is 0.848 bits per heavy atom. The Hall–Kier alpha value is -8.06. The number of hydrogen-bond acceptors (Lipinski definition) is 0. The molecular formula is C66H46. The molecule has 0 nitrogen and oxygen atoms in total. The largest absolute Gasteiger partial charge is 0.0616 e. The molecule has 0 aromatic heterocycles. The van der Waals surface area contributed by atoms with Crippen LogP contribution in [0.1, 0.15) is 26.3 Å². The summed E-state index contributed by atoms with van der Waals surface area (Å²) in [5.74, 6) is 0. The van der Waals surface area contributed by atoms with Crippen LogP contribution in [0.2, 0.25) is 0 Å². The second-order valence-corrected chi connectivity index (χ2v) is 19.1. The van der Waals surface area contributed by atoms with Gasteiger partial charge in [-0.2, -0.15) is 0 Å². The Labute approximate surface area is 385 Å². The summed E-state index contributed by atoms with van der Waals surface area (Å²) < 4.78 is 0. The summed E-state index contributed by atoms with van der Waals surface area (Å²) in [6, 6.07) is 84.3. The second-order valence-electron chi connectivity index (χ2n) is 19.1. The topological polar surface area (TPSA) is 0 Å². The molecule has 0 aliphatic carbocycles. The van der Waals surface area contributed by atoms with Gasteiger partial charge in [-0.25, -0.2) is 0 Å². The van der Waals surface area contributed by atoms with E-state index < -0.39 is 0 Å². The molecule has 13 rings (SSSR count). The fraction of sp³-hybridized carbons (Fsp3) is 0.0606. The first-order valence-electron chi connectivity index (χ1n) is 23.2. The molecule has 0 saturated heterocycles. The Balaban J connectivity index is 1.00. The predicted molar refractivity (Wildman–Crippen MR) is 287 cm³/mol. The molecule has 0 bridgehead atoms. The molecule has 0 spiro atoms. The van der Waals surface area contributed by atoms with E-state index in [0.29, 0.717) is 0 Å². The first kappa shape index (κ1) is 38.4. The Morgan fingerprint density at radius 2 is 0.485 bits per heavy atom. The maximum Gasteiger partial charge on any atom is -0.00261 e. The van der Waals surface area contributed by atoms with Crippen molar-refractivity contribution >= 4 is 86.2 Å². The minimum absolute atomic E-state index is 0.0937. The van der Waals surface area contributed by atoms with Crippen LogP contribution in [0.25, 0.3) is 131 Å². The van der Waals surface area contributed by atoms with Gasteiger partial charge in [0.05, 0.1) is 0 Å². The minimum atomic E-state index is 0.0937. The van der Waals surface area contributed by atoms with Crippen LogP contribution in [0, 0.1) is 0 Å². The molecule has 0 heterocycles. The first-order chi connectivity index (χ1) is 32.4. The second kappa shape index (κ2) is 14.7. The molecule has 0 radical (unpaired) electrons. The van der Waals surface area contributed by atoms with Gasteiger partial charge in [0.1, 0.15) is 0 Å². The maximum absolute atomic E-state index is 2.44. The van der Waals surface area contributed by atoms with Crippen LogP contribution in [0.15, 0.2) is 224 Å². The molecule has 0 atom stereocenters. The average molecular weight is 839 g/mol. The van der Waals surface area contributed by atoms with Crippen LogP contribution in [-0.2, 0) is 5.41 Å².